The first-order valence-corrected chi connectivity index (χ1v) is 10.1. The van der Waals surface area contributed by atoms with Gasteiger partial charge in [-0.3, -0.25) is 4.79 Å². The highest BCUT2D eigenvalue weighted by Crippen LogP contribution is 2.27. The average Bonchev–Trinajstić information content (AvgIpc) is 3.21. The fourth-order valence-corrected chi connectivity index (χ4v) is 3.97. The van der Waals surface area contributed by atoms with Gasteiger partial charge < -0.3 is 19.9 Å². The van der Waals surface area contributed by atoms with Gasteiger partial charge >= 0.3 is 0 Å². The standard InChI is InChI=1S/C20H28N6O2/c1-14-13-15(2)22-17-16(14)19(26-9-11-28-12-10-26)24-18(23-17)20(27)21-5-8-25-6-3-4-7-25/h13H,3-12H2,1-2H3,(H,21,27). The maximum Gasteiger partial charge on any atom is 0.289 e. The van der Waals surface area contributed by atoms with Crippen molar-refractivity contribution >= 4 is 22.8 Å². The monoisotopic (exact) mass is 384 g/mol. The lowest BCUT2D eigenvalue weighted by molar-refractivity contribution is 0.0939. The molecule has 8 heteroatoms. The van der Waals surface area contributed by atoms with Crippen LogP contribution in [-0.2, 0) is 4.74 Å². The van der Waals surface area contributed by atoms with E-state index < -0.39 is 0 Å². The number of carbonyl (C=O) groups excluding carboxylic acids is 1. The van der Waals surface area contributed by atoms with Crippen molar-refractivity contribution in [2.45, 2.75) is 26.7 Å². The predicted molar refractivity (Wildman–Crippen MR) is 108 cm³/mol. The number of hydrogen-bond donors (Lipinski definition) is 1. The Kier molecular flexibility index (Phi) is 5.68. The molecule has 2 fully saturated rings. The van der Waals surface area contributed by atoms with Crippen LogP contribution in [0.2, 0.25) is 0 Å². The van der Waals surface area contributed by atoms with Crippen LogP contribution in [-0.4, -0.2) is 78.2 Å². The van der Waals surface area contributed by atoms with Crippen LogP contribution >= 0.6 is 0 Å². The molecule has 0 atom stereocenters. The topological polar surface area (TPSA) is 83.5 Å². The van der Waals surface area contributed by atoms with Crippen LogP contribution in [0.4, 0.5) is 5.82 Å². The van der Waals surface area contributed by atoms with Crippen molar-refractivity contribution in [3.8, 4) is 0 Å². The third-order valence-electron chi connectivity index (χ3n) is 5.40. The summed E-state index contributed by atoms with van der Waals surface area (Å²) in [6, 6.07) is 2.03. The summed E-state index contributed by atoms with van der Waals surface area (Å²) in [5.41, 5.74) is 2.54. The Balaban J connectivity index is 1.61. The number of aryl methyl sites for hydroxylation is 2. The van der Waals surface area contributed by atoms with E-state index in [1.54, 1.807) is 0 Å². The Morgan fingerprint density at radius 1 is 1.11 bits per heavy atom. The van der Waals surface area contributed by atoms with Crippen LogP contribution < -0.4 is 10.2 Å². The molecule has 0 aromatic carbocycles. The molecule has 0 unspecified atom stereocenters. The molecule has 8 nitrogen and oxygen atoms in total. The molecule has 2 aliphatic heterocycles. The Morgan fingerprint density at radius 2 is 1.86 bits per heavy atom. The van der Waals surface area contributed by atoms with Gasteiger partial charge in [0.05, 0.1) is 18.6 Å². The van der Waals surface area contributed by atoms with Crippen LogP contribution in [0.15, 0.2) is 6.07 Å². The first-order valence-electron chi connectivity index (χ1n) is 10.1. The smallest absolute Gasteiger partial charge is 0.289 e. The quantitative estimate of drug-likeness (QED) is 0.832. The second kappa shape index (κ2) is 8.36. The molecule has 2 aromatic rings. The lowest BCUT2D eigenvalue weighted by Gasteiger charge is -2.29. The lowest BCUT2D eigenvalue weighted by atomic mass is 10.1. The van der Waals surface area contributed by atoms with Gasteiger partial charge in [-0.1, -0.05) is 0 Å². The first-order chi connectivity index (χ1) is 13.6. The van der Waals surface area contributed by atoms with E-state index in [1.165, 1.54) is 12.8 Å². The number of aromatic nitrogens is 3. The molecule has 2 aliphatic rings. The van der Waals surface area contributed by atoms with Crippen molar-refractivity contribution in [3.63, 3.8) is 0 Å². The third-order valence-corrected chi connectivity index (χ3v) is 5.40. The minimum Gasteiger partial charge on any atom is -0.378 e. The van der Waals surface area contributed by atoms with Crippen molar-refractivity contribution in [2.75, 3.05) is 57.4 Å². The van der Waals surface area contributed by atoms with Gasteiger partial charge in [0, 0.05) is 31.9 Å². The summed E-state index contributed by atoms with van der Waals surface area (Å²) in [6.45, 7) is 10.5. The number of pyridine rings is 1. The normalized spacial score (nSPS) is 18.0. The zero-order chi connectivity index (χ0) is 19.5. The van der Waals surface area contributed by atoms with Gasteiger partial charge in [-0.05, 0) is 51.4 Å². The molecule has 4 heterocycles. The van der Waals surface area contributed by atoms with E-state index in [9.17, 15) is 4.79 Å². The summed E-state index contributed by atoms with van der Waals surface area (Å²) in [5.74, 6) is 0.729. The Hall–Kier alpha value is -2.32. The minimum absolute atomic E-state index is 0.188. The number of rotatable bonds is 5. The lowest BCUT2D eigenvalue weighted by Crippen LogP contribution is -2.38. The average molecular weight is 384 g/mol. The number of carbonyl (C=O) groups is 1. The number of ether oxygens (including phenoxy) is 1. The van der Waals surface area contributed by atoms with E-state index in [-0.39, 0.29) is 11.7 Å². The molecule has 28 heavy (non-hydrogen) atoms. The molecule has 0 saturated carbocycles. The van der Waals surface area contributed by atoms with Crippen molar-refractivity contribution in [1.29, 1.82) is 0 Å². The molecule has 2 saturated heterocycles. The van der Waals surface area contributed by atoms with Gasteiger partial charge in [0.15, 0.2) is 5.65 Å². The molecule has 150 valence electrons. The summed E-state index contributed by atoms with van der Waals surface area (Å²) in [4.78, 5) is 31.0. The third kappa shape index (κ3) is 4.07. The van der Waals surface area contributed by atoms with E-state index in [0.717, 1.165) is 55.2 Å². The highest BCUT2D eigenvalue weighted by Gasteiger charge is 2.22. The van der Waals surface area contributed by atoms with Gasteiger partial charge in [0.25, 0.3) is 5.91 Å². The minimum atomic E-state index is -0.239. The molecule has 1 N–H and O–H groups in total. The second-order valence-corrected chi connectivity index (χ2v) is 7.55. The summed E-state index contributed by atoms with van der Waals surface area (Å²) in [5, 5.41) is 3.89. The number of amides is 1. The van der Waals surface area contributed by atoms with Crippen LogP contribution in [0.1, 0.15) is 34.7 Å². The Labute approximate surface area is 165 Å². The Bertz CT molecular complexity index is 859. The Morgan fingerprint density at radius 3 is 2.61 bits per heavy atom. The summed E-state index contributed by atoms with van der Waals surface area (Å²) in [6.07, 6.45) is 2.49. The summed E-state index contributed by atoms with van der Waals surface area (Å²) >= 11 is 0. The molecule has 2 aromatic heterocycles. The largest absolute Gasteiger partial charge is 0.378 e. The molecule has 0 radical (unpaired) electrons. The fourth-order valence-electron chi connectivity index (χ4n) is 3.97. The van der Waals surface area contributed by atoms with Crippen molar-refractivity contribution in [3.05, 3.63) is 23.1 Å². The highest BCUT2D eigenvalue weighted by molar-refractivity contribution is 5.96. The zero-order valence-electron chi connectivity index (χ0n) is 16.7. The number of nitrogens with zero attached hydrogens (tertiary/aromatic N) is 5. The summed E-state index contributed by atoms with van der Waals surface area (Å²) < 4.78 is 5.48. The number of anilines is 1. The van der Waals surface area contributed by atoms with E-state index >= 15 is 0 Å². The summed E-state index contributed by atoms with van der Waals surface area (Å²) in [7, 11) is 0. The molecular formula is C20H28N6O2. The van der Waals surface area contributed by atoms with Crippen LogP contribution in [0, 0.1) is 13.8 Å². The van der Waals surface area contributed by atoms with Crippen molar-refractivity contribution in [1.82, 2.24) is 25.2 Å². The molecule has 1 amide bonds. The van der Waals surface area contributed by atoms with Gasteiger partial charge in [-0.2, -0.15) is 0 Å². The first kappa shape index (κ1) is 19.0. The van der Waals surface area contributed by atoms with E-state index in [2.05, 4.69) is 30.1 Å². The van der Waals surface area contributed by atoms with E-state index in [4.69, 9.17) is 4.74 Å². The van der Waals surface area contributed by atoms with Gasteiger partial charge in [-0.25, -0.2) is 15.0 Å². The number of hydrogen-bond acceptors (Lipinski definition) is 7. The number of morpholine rings is 1. The number of fused-ring (bicyclic) bond motifs is 1. The SMILES string of the molecule is Cc1cc(C)c2c(N3CCOCC3)nc(C(=O)NCCN3CCCC3)nc2n1. The molecule has 0 spiro atoms. The maximum absolute atomic E-state index is 12.7. The zero-order valence-corrected chi connectivity index (χ0v) is 16.7. The molecule has 4 rings (SSSR count). The van der Waals surface area contributed by atoms with Crippen molar-refractivity contribution < 1.29 is 9.53 Å². The van der Waals surface area contributed by atoms with Gasteiger partial charge in [0.1, 0.15) is 5.82 Å². The predicted octanol–water partition coefficient (Wildman–Crippen LogP) is 1.30. The van der Waals surface area contributed by atoms with E-state index in [1.807, 2.05) is 19.9 Å². The van der Waals surface area contributed by atoms with E-state index in [0.29, 0.717) is 25.4 Å². The van der Waals surface area contributed by atoms with Gasteiger partial charge in [-0.15, -0.1) is 0 Å². The molecule has 0 aliphatic carbocycles. The van der Waals surface area contributed by atoms with Gasteiger partial charge in [0.2, 0.25) is 5.82 Å². The van der Waals surface area contributed by atoms with Crippen molar-refractivity contribution in [2.24, 2.45) is 0 Å². The molecule has 0 bridgehead atoms. The highest BCUT2D eigenvalue weighted by atomic mass is 16.5. The number of nitrogens with one attached hydrogen (secondary N) is 1. The fraction of sp³-hybridized carbons (Fsp3) is 0.600. The van der Waals surface area contributed by atoms with Crippen LogP contribution in [0.3, 0.4) is 0 Å². The maximum atomic E-state index is 12.7. The second-order valence-electron chi connectivity index (χ2n) is 7.55. The molecular weight excluding hydrogens is 356 g/mol. The van der Waals surface area contributed by atoms with Crippen LogP contribution in [0.5, 0.6) is 0 Å². The number of likely N-dealkylation sites (tertiary alicyclic amines) is 1. The van der Waals surface area contributed by atoms with Crippen LogP contribution in [0.25, 0.3) is 11.0 Å².